The maximum absolute atomic E-state index is 4.48. The van der Waals surface area contributed by atoms with Crippen LogP contribution < -0.4 is 9.80 Å². The van der Waals surface area contributed by atoms with Gasteiger partial charge in [-0.3, -0.25) is 0 Å². The van der Waals surface area contributed by atoms with Crippen LogP contribution in [-0.2, 0) is 0 Å². The van der Waals surface area contributed by atoms with Crippen molar-refractivity contribution >= 4 is 22.8 Å². The molecule has 5 heterocycles. The highest BCUT2D eigenvalue weighted by Gasteiger charge is 2.41. The number of fused-ring (bicyclic) bond motifs is 2. The van der Waals surface area contributed by atoms with E-state index in [-0.39, 0.29) is 0 Å². The molecule has 3 aromatic rings. The largest absolute Gasteiger partial charge is 0.356 e. The molecule has 23 heavy (non-hydrogen) atoms. The van der Waals surface area contributed by atoms with E-state index >= 15 is 0 Å². The zero-order valence-corrected chi connectivity index (χ0v) is 12.6. The normalized spacial score (nSPS) is 23.7. The number of hydrogen-bond acceptors (Lipinski definition) is 6. The maximum Gasteiger partial charge on any atom is 0.182 e. The average Bonchev–Trinajstić information content (AvgIpc) is 3.29. The number of H-pyrrole nitrogens is 1. The summed E-state index contributed by atoms with van der Waals surface area (Å²) in [5.41, 5.74) is 1.68. The number of nitrogens with zero attached hydrogens (tertiary/aromatic N) is 6. The molecule has 2 aliphatic rings. The second-order valence-corrected chi connectivity index (χ2v) is 6.32. The molecule has 0 bridgehead atoms. The fourth-order valence-corrected chi connectivity index (χ4v) is 3.89. The molecule has 7 heteroatoms. The summed E-state index contributed by atoms with van der Waals surface area (Å²) in [6, 6.07) is 6.11. The fourth-order valence-electron chi connectivity index (χ4n) is 3.89. The summed E-state index contributed by atoms with van der Waals surface area (Å²) in [6.07, 6.45) is 5.15. The van der Waals surface area contributed by atoms with Crippen molar-refractivity contribution in [1.82, 2.24) is 24.9 Å². The highest BCUT2D eigenvalue weighted by Crippen LogP contribution is 2.36. The third-order valence-corrected chi connectivity index (χ3v) is 4.96. The minimum Gasteiger partial charge on any atom is -0.356 e. The lowest BCUT2D eigenvalue weighted by molar-refractivity contribution is 0.533. The molecule has 116 valence electrons. The molecule has 1 N–H and O–H groups in total. The molecule has 2 atom stereocenters. The molecule has 0 spiro atoms. The molecular weight excluding hydrogens is 290 g/mol. The second-order valence-electron chi connectivity index (χ2n) is 6.32. The Labute approximate surface area is 133 Å². The number of rotatable bonds is 2. The van der Waals surface area contributed by atoms with Gasteiger partial charge in [-0.25, -0.2) is 19.9 Å². The third-order valence-electron chi connectivity index (χ3n) is 4.96. The highest BCUT2D eigenvalue weighted by atomic mass is 15.3. The van der Waals surface area contributed by atoms with Crippen LogP contribution in [0, 0.1) is 11.8 Å². The van der Waals surface area contributed by atoms with Crippen molar-refractivity contribution < 1.29 is 0 Å². The van der Waals surface area contributed by atoms with Gasteiger partial charge in [-0.1, -0.05) is 6.07 Å². The predicted octanol–water partition coefficient (Wildman–Crippen LogP) is 1.32. The Morgan fingerprint density at radius 1 is 0.913 bits per heavy atom. The van der Waals surface area contributed by atoms with Gasteiger partial charge in [-0.15, -0.1) is 0 Å². The molecule has 5 rings (SSSR count). The van der Waals surface area contributed by atoms with Crippen LogP contribution in [0.5, 0.6) is 0 Å². The zero-order chi connectivity index (χ0) is 15.2. The van der Waals surface area contributed by atoms with Crippen molar-refractivity contribution in [2.75, 3.05) is 36.0 Å². The van der Waals surface area contributed by atoms with Gasteiger partial charge in [0.15, 0.2) is 11.5 Å². The van der Waals surface area contributed by atoms with Gasteiger partial charge < -0.3 is 14.8 Å². The topological polar surface area (TPSA) is 73.8 Å². The van der Waals surface area contributed by atoms with Gasteiger partial charge >= 0.3 is 0 Å². The number of aromatic nitrogens is 5. The molecule has 7 nitrogen and oxygen atoms in total. The van der Waals surface area contributed by atoms with Gasteiger partial charge in [-0.2, -0.15) is 0 Å². The second kappa shape index (κ2) is 4.91. The lowest BCUT2D eigenvalue weighted by Gasteiger charge is -2.23. The molecule has 2 aliphatic heterocycles. The Bertz CT molecular complexity index is 817. The van der Waals surface area contributed by atoms with Crippen LogP contribution >= 0.6 is 0 Å². The first-order chi connectivity index (χ1) is 11.4. The van der Waals surface area contributed by atoms with Crippen molar-refractivity contribution in [3.8, 4) is 0 Å². The Balaban J connectivity index is 1.37. The van der Waals surface area contributed by atoms with E-state index in [0.717, 1.165) is 49.0 Å². The van der Waals surface area contributed by atoms with Crippen molar-refractivity contribution in [2.45, 2.75) is 0 Å². The van der Waals surface area contributed by atoms with Gasteiger partial charge in [0.2, 0.25) is 0 Å². The first-order valence-electron chi connectivity index (χ1n) is 7.93. The Morgan fingerprint density at radius 2 is 1.74 bits per heavy atom. The Kier molecular flexibility index (Phi) is 2.73. The number of anilines is 2. The minimum absolute atomic E-state index is 0.657. The van der Waals surface area contributed by atoms with E-state index in [4.69, 9.17) is 0 Å². The average molecular weight is 307 g/mol. The monoisotopic (exact) mass is 307 g/mol. The first-order valence-corrected chi connectivity index (χ1v) is 7.93. The van der Waals surface area contributed by atoms with Crippen LogP contribution in [0.15, 0.2) is 37.1 Å². The minimum atomic E-state index is 0.657. The molecule has 2 saturated heterocycles. The number of pyridine rings is 1. The highest BCUT2D eigenvalue weighted by molar-refractivity contribution is 5.82. The van der Waals surface area contributed by atoms with E-state index in [9.17, 15) is 0 Å². The number of nitrogens with one attached hydrogen (secondary N) is 1. The summed E-state index contributed by atoms with van der Waals surface area (Å²) >= 11 is 0. The quantitative estimate of drug-likeness (QED) is 0.770. The van der Waals surface area contributed by atoms with E-state index in [1.54, 1.807) is 12.7 Å². The molecule has 3 aromatic heterocycles. The van der Waals surface area contributed by atoms with Crippen LogP contribution in [0.2, 0.25) is 0 Å². The summed E-state index contributed by atoms with van der Waals surface area (Å²) in [7, 11) is 0. The van der Waals surface area contributed by atoms with Gasteiger partial charge in [0.1, 0.15) is 17.7 Å². The predicted molar refractivity (Wildman–Crippen MR) is 87.3 cm³/mol. The molecule has 0 amide bonds. The Morgan fingerprint density at radius 3 is 2.52 bits per heavy atom. The van der Waals surface area contributed by atoms with Gasteiger partial charge in [0.25, 0.3) is 0 Å². The molecule has 2 fully saturated rings. The smallest absolute Gasteiger partial charge is 0.182 e. The summed E-state index contributed by atoms with van der Waals surface area (Å²) in [5, 5.41) is 0. The van der Waals surface area contributed by atoms with Crippen molar-refractivity contribution in [1.29, 1.82) is 0 Å². The van der Waals surface area contributed by atoms with E-state index in [2.05, 4.69) is 46.9 Å². The zero-order valence-electron chi connectivity index (χ0n) is 12.6. The SMILES string of the molecule is c1ccc(N2CC3CN(c4ncnc5nc[nH]c45)CC3C2)nc1. The van der Waals surface area contributed by atoms with Crippen LogP contribution in [0.4, 0.5) is 11.6 Å². The molecule has 0 aliphatic carbocycles. The molecule has 0 aromatic carbocycles. The van der Waals surface area contributed by atoms with Crippen LogP contribution in [0.3, 0.4) is 0 Å². The van der Waals surface area contributed by atoms with Crippen LogP contribution in [0.25, 0.3) is 11.2 Å². The molecule has 2 unspecified atom stereocenters. The van der Waals surface area contributed by atoms with Crippen molar-refractivity contribution in [2.24, 2.45) is 11.8 Å². The summed E-state index contributed by atoms with van der Waals surface area (Å²) in [4.78, 5) is 25.3. The number of hydrogen-bond donors (Lipinski definition) is 1. The first kappa shape index (κ1) is 12.8. The lowest BCUT2D eigenvalue weighted by Crippen LogP contribution is -2.29. The molecule has 0 radical (unpaired) electrons. The molecular formula is C16H17N7. The fraction of sp³-hybridized carbons (Fsp3) is 0.375. The standard InChI is InChI=1S/C16H17N7/c1-2-4-17-13(3-1)22-5-11-7-23(8-12(11)6-22)16-14-15(19-9-18-14)20-10-21-16/h1-4,9-12H,5-8H2,(H,18,19,20,21). The van der Waals surface area contributed by atoms with Gasteiger partial charge in [0.05, 0.1) is 6.33 Å². The summed E-state index contributed by atoms with van der Waals surface area (Å²) in [5.74, 6) is 3.38. The van der Waals surface area contributed by atoms with Crippen LogP contribution in [-0.4, -0.2) is 51.1 Å². The van der Waals surface area contributed by atoms with Crippen LogP contribution in [0.1, 0.15) is 0 Å². The summed E-state index contributed by atoms with van der Waals surface area (Å²) < 4.78 is 0. The van der Waals surface area contributed by atoms with Crippen molar-refractivity contribution in [3.63, 3.8) is 0 Å². The molecule has 0 saturated carbocycles. The van der Waals surface area contributed by atoms with E-state index in [1.165, 1.54) is 0 Å². The van der Waals surface area contributed by atoms with E-state index in [0.29, 0.717) is 11.8 Å². The lowest BCUT2D eigenvalue weighted by atomic mass is 10.0. The van der Waals surface area contributed by atoms with E-state index in [1.807, 2.05) is 12.3 Å². The van der Waals surface area contributed by atoms with E-state index < -0.39 is 0 Å². The maximum atomic E-state index is 4.48. The van der Waals surface area contributed by atoms with Crippen molar-refractivity contribution in [3.05, 3.63) is 37.1 Å². The summed E-state index contributed by atoms with van der Waals surface area (Å²) in [6.45, 7) is 4.18. The number of imidazole rings is 1. The van der Waals surface area contributed by atoms with Gasteiger partial charge in [-0.05, 0) is 12.1 Å². The van der Waals surface area contributed by atoms with Gasteiger partial charge in [0, 0.05) is 44.2 Å². The Hall–Kier alpha value is -2.70. The number of aromatic amines is 1. The third kappa shape index (κ3) is 2.03.